The van der Waals surface area contributed by atoms with Gasteiger partial charge in [0.2, 0.25) is 0 Å². The normalized spacial score (nSPS) is 10.1. The van der Waals surface area contributed by atoms with Gasteiger partial charge in [-0.25, -0.2) is 9.59 Å². The SMILES string of the molecule is O=C(O)c1cc(C(=O)O)c(Cl)c(Br)c1Cl. The van der Waals surface area contributed by atoms with Crippen LogP contribution >= 0.6 is 39.1 Å². The molecule has 4 nitrogen and oxygen atoms in total. The van der Waals surface area contributed by atoms with Crippen molar-refractivity contribution in [2.24, 2.45) is 0 Å². The van der Waals surface area contributed by atoms with Crippen molar-refractivity contribution in [1.82, 2.24) is 0 Å². The molecule has 0 aliphatic heterocycles. The zero-order chi connectivity index (χ0) is 11.7. The van der Waals surface area contributed by atoms with Crippen LogP contribution < -0.4 is 0 Å². The highest BCUT2D eigenvalue weighted by molar-refractivity contribution is 9.10. The van der Waals surface area contributed by atoms with E-state index >= 15 is 0 Å². The van der Waals surface area contributed by atoms with Gasteiger partial charge in [-0.15, -0.1) is 0 Å². The number of carboxylic acids is 2. The Morgan fingerprint density at radius 2 is 1.40 bits per heavy atom. The van der Waals surface area contributed by atoms with Crippen LogP contribution in [-0.4, -0.2) is 22.2 Å². The van der Waals surface area contributed by atoms with Gasteiger partial charge in [0.05, 0.1) is 25.6 Å². The van der Waals surface area contributed by atoms with Crippen molar-refractivity contribution in [2.45, 2.75) is 0 Å². The molecule has 2 N–H and O–H groups in total. The van der Waals surface area contributed by atoms with Crippen LogP contribution in [0.25, 0.3) is 0 Å². The second-order valence-electron chi connectivity index (χ2n) is 2.52. The second-order valence-corrected chi connectivity index (χ2v) is 4.07. The van der Waals surface area contributed by atoms with Gasteiger partial charge in [0.1, 0.15) is 0 Å². The molecule has 1 rings (SSSR count). The number of hydrogen-bond acceptors (Lipinski definition) is 2. The van der Waals surface area contributed by atoms with E-state index in [0.717, 1.165) is 6.07 Å². The molecule has 1 aromatic rings. The molecule has 1 aromatic carbocycles. The molecule has 7 heteroatoms. The van der Waals surface area contributed by atoms with Crippen molar-refractivity contribution in [1.29, 1.82) is 0 Å². The summed E-state index contributed by atoms with van der Waals surface area (Å²) in [6, 6.07) is 0.917. The molecule has 0 aromatic heterocycles. The summed E-state index contributed by atoms with van der Waals surface area (Å²) in [5.41, 5.74) is -0.629. The molecule has 0 saturated carbocycles. The lowest BCUT2D eigenvalue weighted by Gasteiger charge is -2.06. The molecular weight excluding hydrogens is 311 g/mol. The lowest BCUT2D eigenvalue weighted by Crippen LogP contribution is -2.05. The Balaban J connectivity index is 3.59. The van der Waals surface area contributed by atoms with Gasteiger partial charge in [0.25, 0.3) is 0 Å². The van der Waals surface area contributed by atoms with Gasteiger partial charge < -0.3 is 10.2 Å². The van der Waals surface area contributed by atoms with Crippen molar-refractivity contribution in [3.63, 3.8) is 0 Å². The molecule has 15 heavy (non-hydrogen) atoms. The predicted molar refractivity (Wildman–Crippen MR) is 58.1 cm³/mol. The number of carbonyl (C=O) groups is 2. The zero-order valence-electron chi connectivity index (χ0n) is 6.92. The third kappa shape index (κ3) is 2.25. The van der Waals surface area contributed by atoms with E-state index in [4.69, 9.17) is 33.4 Å². The number of carboxylic acid groups (broad SMARTS) is 2. The number of halogens is 3. The average molecular weight is 314 g/mol. The zero-order valence-corrected chi connectivity index (χ0v) is 10.0. The largest absolute Gasteiger partial charge is 0.478 e. The van der Waals surface area contributed by atoms with Crippen LogP contribution in [0.3, 0.4) is 0 Å². The Morgan fingerprint density at radius 3 is 1.67 bits per heavy atom. The summed E-state index contributed by atoms with van der Waals surface area (Å²) in [6.45, 7) is 0. The van der Waals surface area contributed by atoms with E-state index in [9.17, 15) is 9.59 Å². The van der Waals surface area contributed by atoms with Crippen molar-refractivity contribution in [3.8, 4) is 0 Å². The van der Waals surface area contributed by atoms with Gasteiger partial charge in [0, 0.05) is 0 Å². The van der Waals surface area contributed by atoms with Gasteiger partial charge in [-0.2, -0.15) is 0 Å². The highest BCUT2D eigenvalue weighted by Gasteiger charge is 2.21. The maximum absolute atomic E-state index is 10.7. The van der Waals surface area contributed by atoms with E-state index in [2.05, 4.69) is 15.9 Å². The molecule has 0 aliphatic rings. The van der Waals surface area contributed by atoms with E-state index in [0.29, 0.717) is 0 Å². The molecule has 0 bridgehead atoms. The van der Waals surface area contributed by atoms with Crippen molar-refractivity contribution in [2.75, 3.05) is 0 Å². The van der Waals surface area contributed by atoms with Gasteiger partial charge in [-0.3, -0.25) is 0 Å². The summed E-state index contributed by atoms with van der Waals surface area (Å²) >= 11 is 14.3. The van der Waals surface area contributed by atoms with E-state index in [-0.39, 0.29) is 25.6 Å². The van der Waals surface area contributed by atoms with E-state index in [1.807, 2.05) is 0 Å². The fourth-order valence-electron chi connectivity index (χ4n) is 0.915. The minimum atomic E-state index is -1.32. The van der Waals surface area contributed by atoms with Gasteiger partial charge in [-0.05, 0) is 22.0 Å². The molecule has 0 fully saturated rings. The third-order valence-corrected chi connectivity index (χ3v) is 3.64. The van der Waals surface area contributed by atoms with Crippen LogP contribution in [-0.2, 0) is 0 Å². The Hall–Kier alpha value is -0.780. The number of rotatable bonds is 2. The molecule has 0 saturated heterocycles. The highest BCUT2D eigenvalue weighted by atomic mass is 79.9. The summed E-state index contributed by atoms with van der Waals surface area (Å²) < 4.78 is 0.0585. The first kappa shape index (κ1) is 12.3. The molecular formula is C8H3BrCl2O4. The first-order valence-corrected chi connectivity index (χ1v) is 5.05. The summed E-state index contributed by atoms with van der Waals surface area (Å²) in [5.74, 6) is -2.64. The monoisotopic (exact) mass is 312 g/mol. The van der Waals surface area contributed by atoms with Gasteiger partial charge >= 0.3 is 11.9 Å². The molecule has 0 aliphatic carbocycles. The summed E-state index contributed by atoms with van der Waals surface area (Å²) in [6.07, 6.45) is 0. The lowest BCUT2D eigenvalue weighted by molar-refractivity contribution is 0.0696. The van der Waals surface area contributed by atoms with Crippen molar-refractivity contribution in [3.05, 3.63) is 31.7 Å². The van der Waals surface area contributed by atoms with E-state index in [1.54, 1.807) is 0 Å². The van der Waals surface area contributed by atoms with Crippen molar-refractivity contribution < 1.29 is 19.8 Å². The van der Waals surface area contributed by atoms with E-state index in [1.165, 1.54) is 0 Å². The van der Waals surface area contributed by atoms with Gasteiger partial charge in [-0.1, -0.05) is 23.2 Å². The highest BCUT2D eigenvalue weighted by Crippen LogP contribution is 2.36. The summed E-state index contributed by atoms with van der Waals surface area (Å²) in [4.78, 5) is 21.4. The number of aromatic carboxylic acids is 2. The summed E-state index contributed by atoms with van der Waals surface area (Å²) in [5, 5.41) is 17.2. The minimum absolute atomic E-state index is 0.0585. The molecule has 0 radical (unpaired) electrons. The predicted octanol–water partition coefficient (Wildman–Crippen LogP) is 3.15. The fraction of sp³-hybridized carbons (Fsp3) is 0. The first-order valence-electron chi connectivity index (χ1n) is 3.50. The standard InChI is InChI=1S/C8H3BrCl2O4/c9-4-5(10)2(7(12)13)1-3(6(4)11)8(14)15/h1H,(H,12,13)(H,14,15). The Morgan fingerprint density at radius 1 is 1.07 bits per heavy atom. The smallest absolute Gasteiger partial charge is 0.337 e. The number of hydrogen-bond donors (Lipinski definition) is 2. The Labute approximate surface area is 103 Å². The molecule has 80 valence electrons. The van der Waals surface area contributed by atoms with Gasteiger partial charge in [0.15, 0.2) is 0 Å². The molecule has 0 unspecified atom stereocenters. The molecule has 0 atom stereocenters. The Bertz CT molecular complexity index is 420. The Kier molecular flexibility index (Phi) is 3.59. The quantitative estimate of drug-likeness (QED) is 0.822. The third-order valence-electron chi connectivity index (χ3n) is 1.61. The average Bonchev–Trinajstić information content (AvgIpc) is 2.13. The lowest BCUT2D eigenvalue weighted by atomic mass is 10.1. The minimum Gasteiger partial charge on any atom is -0.478 e. The maximum atomic E-state index is 10.7. The first-order chi connectivity index (χ1) is 6.86. The molecule has 0 heterocycles. The van der Waals surface area contributed by atoms with Crippen LogP contribution in [0.5, 0.6) is 0 Å². The van der Waals surface area contributed by atoms with Crippen molar-refractivity contribution >= 4 is 51.1 Å². The summed E-state index contributed by atoms with van der Waals surface area (Å²) in [7, 11) is 0. The van der Waals surface area contributed by atoms with Crippen LogP contribution in [0, 0.1) is 0 Å². The second kappa shape index (κ2) is 4.38. The fourth-order valence-corrected chi connectivity index (χ4v) is 1.85. The number of benzene rings is 1. The van der Waals surface area contributed by atoms with E-state index < -0.39 is 11.9 Å². The van der Waals surface area contributed by atoms with Crippen LogP contribution in [0.4, 0.5) is 0 Å². The maximum Gasteiger partial charge on any atom is 0.337 e. The van der Waals surface area contributed by atoms with Crippen LogP contribution in [0.1, 0.15) is 20.7 Å². The van der Waals surface area contributed by atoms with Crippen LogP contribution in [0.15, 0.2) is 10.5 Å². The van der Waals surface area contributed by atoms with Crippen LogP contribution in [0.2, 0.25) is 10.0 Å². The molecule has 0 spiro atoms. The topological polar surface area (TPSA) is 74.6 Å². The molecule has 0 amide bonds.